The largest absolute Gasteiger partial charge is 0.496 e. The molecule has 0 heterocycles. The minimum absolute atomic E-state index is 0.229. The lowest BCUT2D eigenvalue weighted by molar-refractivity contribution is 0.411. The van der Waals surface area contributed by atoms with Crippen LogP contribution in [0.4, 0.5) is 5.69 Å². The molecule has 5 rings (SSSR count). The first kappa shape index (κ1) is 21.0. The van der Waals surface area contributed by atoms with Crippen molar-refractivity contribution in [3.63, 3.8) is 0 Å². The van der Waals surface area contributed by atoms with E-state index in [4.69, 9.17) is 4.74 Å². The van der Waals surface area contributed by atoms with E-state index in [1.54, 1.807) is 37.4 Å². The molecule has 33 heavy (non-hydrogen) atoms. The number of hydrogen-bond donors (Lipinski definition) is 1. The van der Waals surface area contributed by atoms with E-state index < -0.39 is 10.0 Å². The number of benzene rings is 5. The van der Waals surface area contributed by atoms with Crippen molar-refractivity contribution in [2.24, 2.45) is 0 Å². The third-order valence-electron chi connectivity index (χ3n) is 5.91. The van der Waals surface area contributed by atoms with Crippen molar-refractivity contribution in [2.45, 2.75) is 11.3 Å². The Labute approximate surface area is 193 Å². The Hall–Kier alpha value is -3.83. The van der Waals surface area contributed by atoms with Gasteiger partial charge in [0.05, 0.1) is 17.7 Å². The van der Waals surface area contributed by atoms with Crippen molar-refractivity contribution in [1.82, 2.24) is 0 Å². The van der Waals surface area contributed by atoms with Crippen molar-refractivity contribution in [3.8, 4) is 5.75 Å². The minimum Gasteiger partial charge on any atom is -0.496 e. The van der Waals surface area contributed by atoms with Gasteiger partial charge in [-0.25, -0.2) is 8.42 Å². The molecule has 0 aromatic heterocycles. The molecule has 0 spiro atoms. The Morgan fingerprint density at radius 3 is 1.91 bits per heavy atom. The SMILES string of the molecule is COc1ccc2ccccc2c1Cc1c(NS(=O)(=O)c2ccccc2)ccc2ccccc12. The summed E-state index contributed by atoms with van der Waals surface area (Å²) in [6.45, 7) is 0. The Morgan fingerprint density at radius 1 is 0.667 bits per heavy atom. The summed E-state index contributed by atoms with van der Waals surface area (Å²) in [6, 6.07) is 32.4. The summed E-state index contributed by atoms with van der Waals surface area (Å²) in [5.74, 6) is 0.776. The van der Waals surface area contributed by atoms with Crippen molar-refractivity contribution in [3.05, 3.63) is 114 Å². The Morgan fingerprint density at radius 2 is 1.24 bits per heavy atom. The van der Waals surface area contributed by atoms with E-state index in [1.807, 2.05) is 60.7 Å². The third kappa shape index (κ3) is 4.03. The van der Waals surface area contributed by atoms with Gasteiger partial charge in [0.25, 0.3) is 10.0 Å². The Kier molecular flexibility index (Phi) is 5.48. The minimum atomic E-state index is -3.74. The van der Waals surface area contributed by atoms with E-state index in [-0.39, 0.29) is 4.90 Å². The predicted molar refractivity (Wildman–Crippen MR) is 135 cm³/mol. The lowest BCUT2D eigenvalue weighted by Gasteiger charge is -2.18. The predicted octanol–water partition coefficient (Wildman–Crippen LogP) is 6.39. The molecule has 0 aliphatic heterocycles. The van der Waals surface area contributed by atoms with Crippen molar-refractivity contribution in [1.29, 1.82) is 0 Å². The summed E-state index contributed by atoms with van der Waals surface area (Å²) in [5.41, 5.74) is 2.49. The van der Waals surface area contributed by atoms with Gasteiger partial charge in [-0.15, -0.1) is 0 Å². The normalized spacial score (nSPS) is 11.5. The molecule has 0 amide bonds. The van der Waals surface area contributed by atoms with Gasteiger partial charge in [0.15, 0.2) is 0 Å². The molecule has 0 radical (unpaired) electrons. The van der Waals surface area contributed by atoms with Crippen LogP contribution in [0.1, 0.15) is 11.1 Å². The van der Waals surface area contributed by atoms with E-state index in [9.17, 15) is 8.42 Å². The van der Waals surface area contributed by atoms with Gasteiger partial charge in [0.1, 0.15) is 5.75 Å². The second-order valence-electron chi connectivity index (χ2n) is 7.88. The number of rotatable bonds is 6. The van der Waals surface area contributed by atoms with Crippen LogP contribution in [0.25, 0.3) is 21.5 Å². The molecule has 0 saturated heterocycles. The van der Waals surface area contributed by atoms with Gasteiger partial charge >= 0.3 is 0 Å². The smallest absolute Gasteiger partial charge is 0.261 e. The molecule has 0 atom stereocenters. The first-order valence-electron chi connectivity index (χ1n) is 10.7. The van der Waals surface area contributed by atoms with Gasteiger partial charge < -0.3 is 4.74 Å². The van der Waals surface area contributed by atoms with E-state index >= 15 is 0 Å². The average molecular weight is 454 g/mol. The zero-order valence-electron chi connectivity index (χ0n) is 18.2. The first-order valence-corrected chi connectivity index (χ1v) is 12.2. The van der Waals surface area contributed by atoms with E-state index in [1.165, 1.54) is 0 Å². The van der Waals surface area contributed by atoms with Gasteiger partial charge in [0.2, 0.25) is 0 Å². The molecule has 0 aliphatic rings. The van der Waals surface area contributed by atoms with Crippen LogP contribution in [0.5, 0.6) is 5.75 Å². The maximum Gasteiger partial charge on any atom is 0.261 e. The first-order chi connectivity index (χ1) is 16.1. The van der Waals surface area contributed by atoms with Crippen molar-refractivity contribution >= 4 is 37.3 Å². The molecule has 0 aliphatic carbocycles. The monoisotopic (exact) mass is 453 g/mol. The molecule has 164 valence electrons. The fourth-order valence-corrected chi connectivity index (χ4v) is 5.41. The van der Waals surface area contributed by atoms with Gasteiger partial charge in [0, 0.05) is 12.0 Å². The zero-order valence-corrected chi connectivity index (χ0v) is 19.0. The number of hydrogen-bond acceptors (Lipinski definition) is 3. The Bertz CT molecular complexity index is 1560. The van der Waals surface area contributed by atoms with E-state index in [0.29, 0.717) is 12.1 Å². The second kappa shape index (κ2) is 8.60. The molecular weight excluding hydrogens is 430 g/mol. The third-order valence-corrected chi connectivity index (χ3v) is 7.29. The van der Waals surface area contributed by atoms with Crippen LogP contribution in [-0.4, -0.2) is 15.5 Å². The lowest BCUT2D eigenvalue weighted by atomic mass is 9.93. The molecule has 1 N–H and O–H groups in total. The summed E-state index contributed by atoms with van der Waals surface area (Å²) in [7, 11) is -2.07. The average Bonchev–Trinajstić information content (AvgIpc) is 2.86. The zero-order chi connectivity index (χ0) is 22.8. The quantitative estimate of drug-likeness (QED) is 0.324. The summed E-state index contributed by atoms with van der Waals surface area (Å²) >= 11 is 0. The molecule has 5 aromatic carbocycles. The Balaban J connectivity index is 1.69. The number of methoxy groups -OCH3 is 1. The van der Waals surface area contributed by atoms with Gasteiger partial charge in [-0.05, 0) is 51.4 Å². The fraction of sp³-hybridized carbons (Fsp3) is 0.0714. The fourth-order valence-electron chi connectivity index (χ4n) is 4.29. The molecule has 5 aromatic rings. The number of ether oxygens (including phenoxy) is 1. The molecule has 0 unspecified atom stereocenters. The van der Waals surface area contributed by atoms with Crippen LogP contribution in [0.3, 0.4) is 0 Å². The van der Waals surface area contributed by atoms with E-state index in [2.05, 4.69) is 16.9 Å². The van der Waals surface area contributed by atoms with Gasteiger partial charge in [-0.3, -0.25) is 4.72 Å². The van der Waals surface area contributed by atoms with Gasteiger partial charge in [-0.1, -0.05) is 78.9 Å². The van der Waals surface area contributed by atoms with Crippen molar-refractivity contribution < 1.29 is 13.2 Å². The summed E-state index contributed by atoms with van der Waals surface area (Å²) in [6.07, 6.45) is 0.512. The standard InChI is InChI=1S/C28H23NO3S/c1-32-28-18-16-21-10-6-8-14-24(21)26(28)19-25-23-13-7-5-9-20(23)15-17-27(25)29-33(30,31)22-11-3-2-4-12-22/h2-18,29H,19H2,1H3. The highest BCUT2D eigenvalue weighted by molar-refractivity contribution is 7.92. The maximum absolute atomic E-state index is 13.1. The van der Waals surface area contributed by atoms with Crippen LogP contribution in [0.2, 0.25) is 0 Å². The molecular formula is C28H23NO3S. The summed E-state index contributed by atoms with van der Waals surface area (Å²) < 4.78 is 34.8. The highest BCUT2D eigenvalue weighted by atomic mass is 32.2. The number of nitrogens with one attached hydrogen (secondary N) is 1. The van der Waals surface area contributed by atoms with Crippen LogP contribution >= 0.6 is 0 Å². The molecule has 0 bridgehead atoms. The van der Waals surface area contributed by atoms with E-state index in [0.717, 1.165) is 38.4 Å². The number of fused-ring (bicyclic) bond motifs is 2. The molecule has 4 nitrogen and oxygen atoms in total. The highest BCUT2D eigenvalue weighted by Gasteiger charge is 2.19. The molecule has 0 fully saturated rings. The summed E-state index contributed by atoms with van der Waals surface area (Å²) in [4.78, 5) is 0.229. The second-order valence-corrected chi connectivity index (χ2v) is 9.56. The van der Waals surface area contributed by atoms with Crippen LogP contribution < -0.4 is 9.46 Å². The highest BCUT2D eigenvalue weighted by Crippen LogP contribution is 2.35. The van der Waals surface area contributed by atoms with Crippen LogP contribution in [0.15, 0.2) is 108 Å². The molecule has 5 heteroatoms. The van der Waals surface area contributed by atoms with Crippen LogP contribution in [0, 0.1) is 0 Å². The number of anilines is 1. The molecule has 0 saturated carbocycles. The van der Waals surface area contributed by atoms with Crippen molar-refractivity contribution in [2.75, 3.05) is 11.8 Å². The van der Waals surface area contributed by atoms with Gasteiger partial charge in [-0.2, -0.15) is 0 Å². The lowest BCUT2D eigenvalue weighted by Crippen LogP contribution is -2.14. The number of sulfonamides is 1. The topological polar surface area (TPSA) is 55.4 Å². The van der Waals surface area contributed by atoms with Crippen LogP contribution in [-0.2, 0) is 16.4 Å². The maximum atomic E-state index is 13.1. The summed E-state index contributed by atoms with van der Waals surface area (Å²) in [5, 5.41) is 4.25.